The molecule has 0 saturated heterocycles. The van der Waals surface area contributed by atoms with Crippen LogP contribution in [-0.4, -0.2) is 11.8 Å². The summed E-state index contributed by atoms with van der Waals surface area (Å²) in [6.45, 7) is 5.40. The molecule has 0 spiro atoms. The molecule has 1 saturated carbocycles. The molecule has 0 aromatic carbocycles. The van der Waals surface area contributed by atoms with Gasteiger partial charge in [-0.25, -0.2) is 0 Å². The van der Waals surface area contributed by atoms with Crippen LogP contribution in [0.5, 0.6) is 0 Å². The van der Waals surface area contributed by atoms with Crippen LogP contribution in [0.4, 0.5) is 0 Å². The number of allylic oxidation sites excluding steroid dienone is 1. The van der Waals surface area contributed by atoms with E-state index in [0.29, 0.717) is 5.57 Å². The minimum absolute atomic E-state index is 0.169. The molecule has 62 valence electrons. The molecule has 1 aliphatic carbocycles. The summed E-state index contributed by atoms with van der Waals surface area (Å²) < 4.78 is 0. The first kappa shape index (κ1) is 8.47. The minimum atomic E-state index is 0.169. The highest BCUT2D eigenvalue weighted by atomic mass is 16.1. The van der Waals surface area contributed by atoms with E-state index in [1.54, 1.807) is 6.92 Å². The molecule has 0 aliphatic heterocycles. The Bertz CT molecular complexity index is 186. The molecule has 2 atom stereocenters. The zero-order valence-corrected chi connectivity index (χ0v) is 6.97. The van der Waals surface area contributed by atoms with Crippen LogP contribution in [0.15, 0.2) is 12.2 Å². The molecule has 2 nitrogen and oxygen atoms in total. The molecule has 0 amide bonds. The van der Waals surface area contributed by atoms with Crippen LogP contribution in [-0.2, 0) is 4.79 Å². The number of hydrogen-bond donors (Lipinski definition) is 1. The van der Waals surface area contributed by atoms with Gasteiger partial charge in [-0.05, 0) is 31.8 Å². The summed E-state index contributed by atoms with van der Waals surface area (Å²) in [5, 5.41) is 0. The van der Waals surface area contributed by atoms with E-state index < -0.39 is 0 Å². The maximum atomic E-state index is 11.3. The summed E-state index contributed by atoms with van der Waals surface area (Å²) in [4.78, 5) is 11.3. The van der Waals surface area contributed by atoms with E-state index in [1.807, 2.05) is 0 Å². The Morgan fingerprint density at radius 1 is 1.55 bits per heavy atom. The van der Waals surface area contributed by atoms with Crippen LogP contribution < -0.4 is 5.73 Å². The van der Waals surface area contributed by atoms with Crippen molar-refractivity contribution in [1.29, 1.82) is 0 Å². The van der Waals surface area contributed by atoms with Gasteiger partial charge in [0.15, 0.2) is 5.78 Å². The average Bonchev–Trinajstić information content (AvgIpc) is 2.34. The fourth-order valence-electron chi connectivity index (χ4n) is 1.60. The van der Waals surface area contributed by atoms with Gasteiger partial charge in [0.2, 0.25) is 0 Å². The molecule has 1 rings (SSSR count). The largest absolute Gasteiger partial charge is 0.328 e. The predicted octanol–water partition coefficient (Wildman–Crippen LogP) is 1.26. The van der Waals surface area contributed by atoms with Crippen molar-refractivity contribution in [3.05, 3.63) is 12.2 Å². The van der Waals surface area contributed by atoms with E-state index in [9.17, 15) is 4.79 Å². The summed E-state index contributed by atoms with van der Waals surface area (Å²) >= 11 is 0. The van der Waals surface area contributed by atoms with E-state index in [2.05, 4.69) is 6.58 Å². The highest BCUT2D eigenvalue weighted by Crippen LogP contribution is 2.26. The molecule has 0 aromatic rings. The smallest absolute Gasteiger partial charge is 0.161 e. The van der Waals surface area contributed by atoms with Gasteiger partial charge in [-0.15, -0.1) is 0 Å². The SMILES string of the molecule is C=C(C)C(=O)C1CCC(N)C1. The van der Waals surface area contributed by atoms with Gasteiger partial charge in [0.1, 0.15) is 0 Å². The summed E-state index contributed by atoms with van der Waals surface area (Å²) in [7, 11) is 0. The van der Waals surface area contributed by atoms with Gasteiger partial charge in [-0.2, -0.15) is 0 Å². The molecule has 2 N–H and O–H groups in total. The predicted molar refractivity (Wildman–Crippen MR) is 45.1 cm³/mol. The molecular formula is C9H15NO. The van der Waals surface area contributed by atoms with Gasteiger partial charge in [-0.1, -0.05) is 6.58 Å². The van der Waals surface area contributed by atoms with Gasteiger partial charge >= 0.3 is 0 Å². The van der Waals surface area contributed by atoms with Gasteiger partial charge in [0.05, 0.1) is 0 Å². The van der Waals surface area contributed by atoms with Crippen molar-refractivity contribution < 1.29 is 4.79 Å². The first-order valence-electron chi connectivity index (χ1n) is 4.06. The second kappa shape index (κ2) is 3.18. The van der Waals surface area contributed by atoms with Crippen molar-refractivity contribution in [3.8, 4) is 0 Å². The van der Waals surface area contributed by atoms with Crippen molar-refractivity contribution in [2.75, 3.05) is 0 Å². The second-order valence-electron chi connectivity index (χ2n) is 3.41. The lowest BCUT2D eigenvalue weighted by atomic mass is 9.98. The summed E-state index contributed by atoms with van der Waals surface area (Å²) in [6.07, 6.45) is 2.79. The Hall–Kier alpha value is -0.630. The van der Waals surface area contributed by atoms with E-state index >= 15 is 0 Å². The molecule has 1 fully saturated rings. The number of Topliss-reactive ketones (excluding diaryl/α,β-unsaturated/α-hetero) is 1. The van der Waals surface area contributed by atoms with E-state index in [-0.39, 0.29) is 17.7 Å². The molecule has 2 unspecified atom stereocenters. The first-order chi connectivity index (χ1) is 5.11. The molecule has 1 aliphatic rings. The normalized spacial score (nSPS) is 30.4. The minimum Gasteiger partial charge on any atom is -0.328 e. The van der Waals surface area contributed by atoms with Crippen LogP contribution in [0.1, 0.15) is 26.2 Å². The lowest BCUT2D eigenvalue weighted by molar-refractivity contribution is -0.118. The number of nitrogens with two attached hydrogens (primary N) is 1. The van der Waals surface area contributed by atoms with Gasteiger partial charge in [0.25, 0.3) is 0 Å². The molecule has 0 radical (unpaired) electrons. The third-order valence-corrected chi connectivity index (χ3v) is 2.26. The maximum absolute atomic E-state index is 11.3. The number of ketones is 1. The number of hydrogen-bond acceptors (Lipinski definition) is 2. The van der Waals surface area contributed by atoms with Crippen molar-refractivity contribution in [3.63, 3.8) is 0 Å². The van der Waals surface area contributed by atoms with Crippen molar-refractivity contribution in [2.24, 2.45) is 11.7 Å². The van der Waals surface area contributed by atoms with Crippen LogP contribution >= 0.6 is 0 Å². The van der Waals surface area contributed by atoms with Crippen molar-refractivity contribution in [2.45, 2.75) is 32.2 Å². The van der Waals surface area contributed by atoms with Crippen molar-refractivity contribution in [1.82, 2.24) is 0 Å². The average molecular weight is 153 g/mol. The summed E-state index contributed by atoms with van der Waals surface area (Å²) in [5.41, 5.74) is 6.35. The number of rotatable bonds is 2. The standard InChI is InChI=1S/C9H15NO/c1-6(2)9(11)7-3-4-8(10)5-7/h7-8H,1,3-5,10H2,2H3. The maximum Gasteiger partial charge on any atom is 0.161 e. The Morgan fingerprint density at radius 2 is 2.18 bits per heavy atom. The highest BCUT2D eigenvalue weighted by molar-refractivity contribution is 5.96. The zero-order valence-electron chi connectivity index (χ0n) is 6.97. The Kier molecular flexibility index (Phi) is 2.45. The van der Waals surface area contributed by atoms with E-state index in [4.69, 9.17) is 5.73 Å². The van der Waals surface area contributed by atoms with E-state index in [1.165, 1.54) is 0 Å². The van der Waals surface area contributed by atoms with Crippen LogP contribution in [0.25, 0.3) is 0 Å². The van der Waals surface area contributed by atoms with Crippen LogP contribution in [0, 0.1) is 5.92 Å². The second-order valence-corrected chi connectivity index (χ2v) is 3.41. The quantitative estimate of drug-likeness (QED) is 0.607. The fourth-order valence-corrected chi connectivity index (χ4v) is 1.60. The highest BCUT2D eigenvalue weighted by Gasteiger charge is 2.27. The lowest BCUT2D eigenvalue weighted by Crippen LogP contribution is -2.18. The monoisotopic (exact) mass is 153 g/mol. The molecular weight excluding hydrogens is 138 g/mol. The van der Waals surface area contributed by atoms with Crippen LogP contribution in [0.3, 0.4) is 0 Å². The first-order valence-corrected chi connectivity index (χ1v) is 4.06. The molecule has 11 heavy (non-hydrogen) atoms. The number of carbonyl (C=O) groups is 1. The van der Waals surface area contributed by atoms with Gasteiger partial charge < -0.3 is 5.73 Å². The van der Waals surface area contributed by atoms with Gasteiger partial charge in [-0.3, -0.25) is 4.79 Å². The van der Waals surface area contributed by atoms with Gasteiger partial charge in [0, 0.05) is 12.0 Å². The molecule has 0 bridgehead atoms. The molecule has 0 heterocycles. The molecule has 0 aromatic heterocycles. The zero-order chi connectivity index (χ0) is 8.43. The Morgan fingerprint density at radius 3 is 2.55 bits per heavy atom. The lowest BCUT2D eigenvalue weighted by Gasteiger charge is -2.06. The van der Waals surface area contributed by atoms with E-state index in [0.717, 1.165) is 19.3 Å². The third-order valence-electron chi connectivity index (χ3n) is 2.26. The fraction of sp³-hybridized carbons (Fsp3) is 0.667. The number of carbonyl (C=O) groups excluding carboxylic acids is 1. The summed E-state index contributed by atoms with van der Waals surface area (Å²) in [6, 6.07) is 0.239. The van der Waals surface area contributed by atoms with Crippen molar-refractivity contribution >= 4 is 5.78 Å². The summed E-state index contributed by atoms with van der Waals surface area (Å²) in [5.74, 6) is 0.375. The topological polar surface area (TPSA) is 43.1 Å². The van der Waals surface area contributed by atoms with Crippen LogP contribution in [0.2, 0.25) is 0 Å². The Balaban J connectivity index is 2.50. The third kappa shape index (κ3) is 1.90. The Labute approximate surface area is 67.5 Å². The molecule has 2 heteroatoms.